The van der Waals surface area contributed by atoms with Gasteiger partial charge in [0.05, 0.1) is 12.7 Å². The third kappa shape index (κ3) is 7.25. The number of hydrogen-bond acceptors (Lipinski definition) is 6. The van der Waals surface area contributed by atoms with E-state index in [1.165, 1.54) is 0 Å². The van der Waals surface area contributed by atoms with Gasteiger partial charge in [-0.2, -0.15) is 0 Å². The van der Waals surface area contributed by atoms with E-state index in [0.29, 0.717) is 5.56 Å². The van der Waals surface area contributed by atoms with Crippen molar-refractivity contribution in [2.45, 2.75) is 26.6 Å². The third-order valence-corrected chi connectivity index (χ3v) is 2.85. The van der Waals surface area contributed by atoms with Gasteiger partial charge in [-0.05, 0) is 19.4 Å². The number of phosphoric ester groups is 1. The molecule has 0 amide bonds. The Hall–Kier alpha value is -1.40. The molecule has 7 nitrogen and oxygen atoms in total. The number of hydrogen-bond donors (Lipinski definition) is 1. The van der Waals surface area contributed by atoms with Gasteiger partial charge in [0.1, 0.15) is 0 Å². The molecule has 1 rings (SSSR count). The van der Waals surface area contributed by atoms with Gasteiger partial charge in [-0.1, -0.05) is 30.3 Å². The molecule has 1 atom stereocenters. The summed E-state index contributed by atoms with van der Waals surface area (Å²) in [6, 6.07) is 8.82. The number of benzene rings is 1. The lowest BCUT2D eigenvalue weighted by Gasteiger charge is -2.13. The second-order valence-corrected chi connectivity index (χ2v) is 5.49. The van der Waals surface area contributed by atoms with Crippen molar-refractivity contribution < 1.29 is 32.8 Å². The van der Waals surface area contributed by atoms with E-state index in [-0.39, 0.29) is 12.7 Å². The first-order valence-electron chi connectivity index (χ1n) is 5.88. The highest BCUT2D eigenvalue weighted by Gasteiger charge is 2.22. The van der Waals surface area contributed by atoms with Crippen LogP contribution in [0.25, 0.3) is 0 Å². The third-order valence-electron chi connectivity index (χ3n) is 1.96. The Labute approximate surface area is 117 Å². The highest BCUT2D eigenvalue weighted by atomic mass is 31.2. The molecule has 8 heteroatoms. The lowest BCUT2D eigenvalue weighted by molar-refractivity contribution is -0.0202. The summed E-state index contributed by atoms with van der Waals surface area (Å²) in [6.45, 7) is 2.46. The Morgan fingerprint density at radius 2 is 1.90 bits per heavy atom. The monoisotopic (exact) mass is 304 g/mol. The minimum atomic E-state index is -4.28. The largest absolute Gasteiger partial charge is 0.510 e. The molecule has 112 valence electrons. The molecule has 1 aromatic carbocycles. The smallest absolute Gasteiger partial charge is 0.432 e. The van der Waals surface area contributed by atoms with Crippen molar-refractivity contribution in [3.8, 4) is 0 Å². The van der Waals surface area contributed by atoms with Crippen molar-refractivity contribution >= 4 is 14.0 Å². The maximum Gasteiger partial charge on any atom is 0.510 e. The van der Waals surface area contributed by atoms with E-state index < -0.39 is 20.8 Å². The van der Waals surface area contributed by atoms with E-state index in [9.17, 15) is 14.3 Å². The average molecular weight is 304 g/mol. The number of ether oxygens (including phenoxy) is 2. The van der Waals surface area contributed by atoms with Gasteiger partial charge in [0, 0.05) is 0 Å². The minimum absolute atomic E-state index is 0.0922. The summed E-state index contributed by atoms with van der Waals surface area (Å²) in [4.78, 5) is 20.3. The molecule has 0 fully saturated rings. The number of carbonyl (C=O) groups is 1. The SMILES string of the molecule is CC(C)OC(=O)OCOP(=O)(O)OCc1ccccc1. The van der Waals surface area contributed by atoms with Gasteiger partial charge >= 0.3 is 14.0 Å². The van der Waals surface area contributed by atoms with E-state index in [1.54, 1.807) is 38.1 Å². The summed E-state index contributed by atoms with van der Waals surface area (Å²) < 4.78 is 29.8. The lowest BCUT2D eigenvalue weighted by atomic mass is 10.2. The first-order valence-corrected chi connectivity index (χ1v) is 7.38. The van der Waals surface area contributed by atoms with Crippen molar-refractivity contribution in [3.63, 3.8) is 0 Å². The van der Waals surface area contributed by atoms with Crippen molar-refractivity contribution in [1.29, 1.82) is 0 Å². The van der Waals surface area contributed by atoms with E-state index >= 15 is 0 Å². The number of carbonyl (C=O) groups excluding carboxylic acids is 1. The summed E-state index contributed by atoms with van der Waals surface area (Å²) in [5, 5.41) is 0. The van der Waals surface area contributed by atoms with Crippen LogP contribution < -0.4 is 0 Å². The average Bonchev–Trinajstić information content (AvgIpc) is 2.36. The van der Waals surface area contributed by atoms with Crippen molar-refractivity contribution in [3.05, 3.63) is 35.9 Å². The zero-order valence-corrected chi connectivity index (χ0v) is 12.1. The highest BCUT2D eigenvalue weighted by Crippen LogP contribution is 2.43. The molecule has 0 saturated heterocycles. The normalized spacial score (nSPS) is 13.8. The zero-order valence-electron chi connectivity index (χ0n) is 11.2. The summed E-state index contributed by atoms with van der Waals surface area (Å²) in [5.74, 6) is 0. The topological polar surface area (TPSA) is 91.3 Å². The van der Waals surface area contributed by atoms with Gasteiger partial charge in [-0.25, -0.2) is 13.9 Å². The second kappa shape index (κ2) is 8.01. The van der Waals surface area contributed by atoms with Crippen molar-refractivity contribution in [2.24, 2.45) is 0 Å². The molecule has 0 spiro atoms. The van der Waals surface area contributed by atoms with Crippen LogP contribution in [0, 0.1) is 0 Å². The molecule has 0 radical (unpaired) electrons. The van der Waals surface area contributed by atoms with Crippen LogP contribution in [0.4, 0.5) is 4.79 Å². The Morgan fingerprint density at radius 3 is 2.50 bits per heavy atom. The van der Waals surface area contributed by atoms with Crippen LogP contribution in [0.2, 0.25) is 0 Å². The minimum Gasteiger partial charge on any atom is -0.432 e. The van der Waals surface area contributed by atoms with Gasteiger partial charge in [-0.3, -0.25) is 4.52 Å². The van der Waals surface area contributed by atoms with E-state index in [1.807, 2.05) is 6.07 Å². The van der Waals surface area contributed by atoms with Gasteiger partial charge in [-0.15, -0.1) is 0 Å². The fourth-order valence-corrected chi connectivity index (χ4v) is 1.71. The Bertz CT molecular complexity index is 460. The maximum absolute atomic E-state index is 11.5. The van der Waals surface area contributed by atoms with Crippen LogP contribution >= 0.6 is 7.82 Å². The second-order valence-electron chi connectivity index (χ2n) is 4.04. The summed E-state index contributed by atoms with van der Waals surface area (Å²) >= 11 is 0. The Balaban J connectivity index is 2.28. The van der Waals surface area contributed by atoms with Gasteiger partial charge in [0.15, 0.2) is 0 Å². The first kappa shape index (κ1) is 16.7. The predicted octanol–water partition coefficient (Wildman–Crippen LogP) is 2.84. The van der Waals surface area contributed by atoms with Crippen molar-refractivity contribution in [1.82, 2.24) is 0 Å². The van der Waals surface area contributed by atoms with Crippen molar-refractivity contribution in [2.75, 3.05) is 6.79 Å². The fraction of sp³-hybridized carbons (Fsp3) is 0.417. The van der Waals surface area contributed by atoms with E-state index in [4.69, 9.17) is 4.52 Å². The van der Waals surface area contributed by atoms with E-state index in [0.717, 1.165) is 0 Å². The predicted molar refractivity (Wildman–Crippen MR) is 69.7 cm³/mol. The summed E-state index contributed by atoms with van der Waals surface area (Å²) in [6.07, 6.45) is -1.33. The molecule has 1 N–H and O–H groups in total. The molecule has 0 heterocycles. The standard InChI is InChI=1S/C12H17O7P/c1-10(2)19-12(13)16-9-18-20(14,15)17-8-11-6-4-3-5-7-11/h3-7,10H,8-9H2,1-2H3,(H,14,15). The molecule has 20 heavy (non-hydrogen) atoms. The molecule has 1 aromatic rings. The van der Waals surface area contributed by atoms with Gasteiger partial charge in [0.2, 0.25) is 6.79 Å². The van der Waals surface area contributed by atoms with Gasteiger partial charge < -0.3 is 14.4 Å². The van der Waals surface area contributed by atoms with E-state index in [2.05, 4.69) is 14.0 Å². The Kier molecular flexibility index (Phi) is 6.67. The van der Waals surface area contributed by atoms with Gasteiger partial charge in [0.25, 0.3) is 0 Å². The van der Waals surface area contributed by atoms with Crippen LogP contribution in [0.3, 0.4) is 0 Å². The van der Waals surface area contributed by atoms with Crippen LogP contribution in [0.1, 0.15) is 19.4 Å². The Morgan fingerprint density at radius 1 is 1.25 bits per heavy atom. The maximum atomic E-state index is 11.5. The molecule has 1 unspecified atom stereocenters. The van der Waals surface area contributed by atoms with Crippen LogP contribution in [-0.4, -0.2) is 23.9 Å². The zero-order chi connectivity index (χ0) is 15.0. The molecule has 0 aliphatic rings. The van der Waals surface area contributed by atoms with Crippen LogP contribution in [0.15, 0.2) is 30.3 Å². The van der Waals surface area contributed by atoms with Crippen LogP contribution in [0.5, 0.6) is 0 Å². The quantitative estimate of drug-likeness (QED) is 0.470. The summed E-state index contributed by atoms with van der Waals surface area (Å²) in [5.41, 5.74) is 0.713. The molecule has 0 aliphatic heterocycles. The molecule has 0 aromatic heterocycles. The molecule has 0 bridgehead atoms. The number of phosphoric acid groups is 1. The lowest BCUT2D eigenvalue weighted by Crippen LogP contribution is -2.14. The molecular formula is C12H17O7P. The first-order chi connectivity index (χ1) is 9.39. The summed E-state index contributed by atoms with van der Waals surface area (Å²) in [7, 11) is -4.28. The number of rotatable bonds is 7. The molecule has 0 aliphatic carbocycles. The molecule has 0 saturated carbocycles. The van der Waals surface area contributed by atoms with Crippen LogP contribution in [-0.2, 0) is 29.7 Å². The fourth-order valence-electron chi connectivity index (χ4n) is 1.14. The highest BCUT2D eigenvalue weighted by molar-refractivity contribution is 7.47. The molecular weight excluding hydrogens is 287 g/mol.